The summed E-state index contributed by atoms with van der Waals surface area (Å²) in [6.07, 6.45) is 4.86. The standard InChI is InChI=1S/C22H24N6O6/c1-22(2,3)34-21(33)24-16(18(29)30)12-14-4-6-15(7-5-14)28-10-8-17(26-20(28)32)25-19(31)27-11-9-23-13-27/h4-11,13,16H,12H2,1-3H3,(H,24,33)(H,29,30)(H,25,26,31,32)/t16-/m1/s1. The fraction of sp³-hybridized carbons (Fsp3) is 0.273. The topological polar surface area (TPSA) is 157 Å². The summed E-state index contributed by atoms with van der Waals surface area (Å²) in [7, 11) is 0. The molecule has 1 aromatic carbocycles. The van der Waals surface area contributed by atoms with Gasteiger partial charge in [0.05, 0.1) is 5.69 Å². The molecule has 2 heterocycles. The third-order valence-corrected chi connectivity index (χ3v) is 4.42. The van der Waals surface area contributed by atoms with E-state index in [9.17, 15) is 24.3 Å². The van der Waals surface area contributed by atoms with Crippen LogP contribution in [0.5, 0.6) is 0 Å². The number of carbonyl (C=O) groups excluding carboxylic acids is 2. The van der Waals surface area contributed by atoms with Crippen LogP contribution in [0.2, 0.25) is 0 Å². The van der Waals surface area contributed by atoms with Gasteiger partial charge in [-0.25, -0.2) is 24.2 Å². The molecule has 12 nitrogen and oxygen atoms in total. The van der Waals surface area contributed by atoms with Crippen LogP contribution in [0.4, 0.5) is 15.4 Å². The summed E-state index contributed by atoms with van der Waals surface area (Å²) in [6, 6.07) is 6.29. The Morgan fingerprint density at radius 3 is 2.38 bits per heavy atom. The molecule has 2 amide bonds. The fourth-order valence-corrected chi connectivity index (χ4v) is 2.90. The molecule has 0 saturated carbocycles. The number of aromatic nitrogens is 4. The molecule has 0 aliphatic carbocycles. The van der Waals surface area contributed by atoms with Gasteiger partial charge in [-0.15, -0.1) is 0 Å². The van der Waals surface area contributed by atoms with Crippen LogP contribution in [0, 0.1) is 0 Å². The smallest absolute Gasteiger partial charge is 0.408 e. The number of anilines is 1. The molecule has 0 fully saturated rings. The number of alkyl carbamates (subject to hydrolysis) is 1. The van der Waals surface area contributed by atoms with Gasteiger partial charge >= 0.3 is 23.8 Å². The molecule has 12 heteroatoms. The van der Waals surface area contributed by atoms with E-state index in [1.54, 1.807) is 45.0 Å². The number of carbonyl (C=O) groups is 3. The predicted molar refractivity (Wildman–Crippen MR) is 121 cm³/mol. The van der Waals surface area contributed by atoms with Gasteiger partial charge in [-0.1, -0.05) is 12.1 Å². The van der Waals surface area contributed by atoms with E-state index in [4.69, 9.17) is 4.74 Å². The molecule has 2 aromatic heterocycles. The average molecular weight is 468 g/mol. The van der Waals surface area contributed by atoms with E-state index in [1.165, 1.54) is 40.1 Å². The Bertz CT molecular complexity index is 1230. The number of carboxylic acids is 1. The van der Waals surface area contributed by atoms with Gasteiger partial charge in [-0.2, -0.15) is 4.98 Å². The molecule has 3 aromatic rings. The lowest BCUT2D eigenvalue weighted by molar-refractivity contribution is -0.139. The number of nitrogens with zero attached hydrogens (tertiary/aromatic N) is 4. The van der Waals surface area contributed by atoms with Crippen molar-refractivity contribution in [3.8, 4) is 5.69 Å². The molecular formula is C22H24N6O6. The maximum atomic E-state index is 12.4. The lowest BCUT2D eigenvalue weighted by atomic mass is 10.1. The van der Waals surface area contributed by atoms with E-state index in [0.717, 1.165) is 0 Å². The van der Waals surface area contributed by atoms with Gasteiger partial charge in [0.25, 0.3) is 0 Å². The highest BCUT2D eigenvalue weighted by Crippen LogP contribution is 2.12. The minimum atomic E-state index is -1.20. The molecule has 34 heavy (non-hydrogen) atoms. The number of carboxylic acid groups (broad SMARTS) is 1. The highest BCUT2D eigenvalue weighted by Gasteiger charge is 2.24. The van der Waals surface area contributed by atoms with Crippen molar-refractivity contribution in [1.29, 1.82) is 0 Å². The summed E-state index contributed by atoms with van der Waals surface area (Å²) in [5, 5.41) is 14.3. The number of imidazole rings is 1. The first-order valence-electron chi connectivity index (χ1n) is 10.2. The minimum absolute atomic E-state index is 0.0151. The van der Waals surface area contributed by atoms with Crippen molar-refractivity contribution in [1.82, 2.24) is 24.4 Å². The van der Waals surface area contributed by atoms with E-state index < -0.39 is 35.4 Å². The fourth-order valence-electron chi connectivity index (χ4n) is 2.90. The molecule has 0 aliphatic rings. The van der Waals surface area contributed by atoms with Crippen molar-refractivity contribution in [2.45, 2.75) is 38.8 Å². The quantitative estimate of drug-likeness (QED) is 0.496. The highest BCUT2D eigenvalue weighted by molar-refractivity contribution is 5.89. The molecule has 0 bridgehead atoms. The molecule has 1 atom stereocenters. The zero-order valence-electron chi connectivity index (χ0n) is 18.8. The van der Waals surface area contributed by atoms with Crippen molar-refractivity contribution in [3.63, 3.8) is 0 Å². The Kier molecular flexibility index (Phi) is 7.09. The van der Waals surface area contributed by atoms with Crippen molar-refractivity contribution >= 4 is 23.9 Å². The predicted octanol–water partition coefficient (Wildman–Crippen LogP) is 2.03. The second-order valence-electron chi connectivity index (χ2n) is 8.27. The first-order chi connectivity index (χ1) is 16.0. The van der Waals surface area contributed by atoms with Gasteiger partial charge in [-0.05, 0) is 44.5 Å². The molecular weight excluding hydrogens is 444 g/mol. The molecule has 178 valence electrons. The Hall–Kier alpha value is -4.48. The highest BCUT2D eigenvalue weighted by atomic mass is 16.6. The van der Waals surface area contributed by atoms with Gasteiger partial charge in [0.2, 0.25) is 0 Å². The van der Waals surface area contributed by atoms with Crippen LogP contribution >= 0.6 is 0 Å². The molecule has 3 rings (SSSR count). The maximum Gasteiger partial charge on any atom is 0.408 e. The first-order valence-corrected chi connectivity index (χ1v) is 10.2. The number of aliphatic carboxylic acids is 1. The van der Waals surface area contributed by atoms with Crippen LogP contribution in [0.3, 0.4) is 0 Å². The second kappa shape index (κ2) is 9.98. The van der Waals surface area contributed by atoms with Crippen LogP contribution in [-0.4, -0.2) is 53.9 Å². The summed E-state index contributed by atoms with van der Waals surface area (Å²) in [4.78, 5) is 55.6. The molecule has 0 saturated heterocycles. The minimum Gasteiger partial charge on any atom is -0.480 e. The number of hydrogen-bond acceptors (Lipinski definition) is 7. The van der Waals surface area contributed by atoms with Crippen LogP contribution in [0.1, 0.15) is 26.3 Å². The largest absolute Gasteiger partial charge is 0.480 e. The number of hydrogen-bond donors (Lipinski definition) is 3. The zero-order valence-corrected chi connectivity index (χ0v) is 18.8. The van der Waals surface area contributed by atoms with Gasteiger partial charge in [0.15, 0.2) is 0 Å². The Balaban J connectivity index is 1.68. The monoisotopic (exact) mass is 468 g/mol. The maximum absolute atomic E-state index is 12.4. The molecule has 3 N–H and O–H groups in total. The number of ether oxygens (including phenoxy) is 1. The summed E-state index contributed by atoms with van der Waals surface area (Å²) >= 11 is 0. The molecule has 0 unspecified atom stereocenters. The molecule has 0 radical (unpaired) electrons. The summed E-state index contributed by atoms with van der Waals surface area (Å²) in [6.45, 7) is 5.04. The zero-order chi connectivity index (χ0) is 24.9. The second-order valence-corrected chi connectivity index (χ2v) is 8.27. The van der Waals surface area contributed by atoms with Crippen LogP contribution < -0.4 is 16.3 Å². The van der Waals surface area contributed by atoms with E-state index >= 15 is 0 Å². The number of benzene rings is 1. The lowest BCUT2D eigenvalue weighted by Crippen LogP contribution is -2.44. The Morgan fingerprint density at radius 2 is 1.82 bits per heavy atom. The Labute approximate surface area is 194 Å². The van der Waals surface area contributed by atoms with Gasteiger partial charge in [0, 0.05) is 25.0 Å². The average Bonchev–Trinajstić information content (AvgIpc) is 3.28. The van der Waals surface area contributed by atoms with Crippen LogP contribution in [0.15, 0.2) is 60.0 Å². The Morgan fingerprint density at radius 1 is 1.12 bits per heavy atom. The molecule has 0 aliphatic heterocycles. The summed E-state index contributed by atoms with van der Waals surface area (Å²) in [5.41, 5.74) is -0.266. The number of rotatable bonds is 6. The SMILES string of the molecule is CC(C)(C)OC(=O)N[C@H](Cc1ccc(-n2ccc(NC(=O)n3ccnc3)nc2=O)cc1)C(=O)O. The third kappa shape index (κ3) is 6.51. The van der Waals surface area contributed by atoms with E-state index in [-0.39, 0.29) is 12.2 Å². The van der Waals surface area contributed by atoms with Gasteiger partial charge < -0.3 is 15.2 Å². The van der Waals surface area contributed by atoms with E-state index in [0.29, 0.717) is 11.3 Å². The first kappa shape index (κ1) is 24.2. The van der Waals surface area contributed by atoms with Crippen molar-refractivity contribution in [2.75, 3.05) is 5.32 Å². The van der Waals surface area contributed by atoms with E-state index in [2.05, 4.69) is 20.6 Å². The number of amides is 2. The third-order valence-electron chi connectivity index (χ3n) is 4.42. The number of nitrogens with one attached hydrogen (secondary N) is 2. The van der Waals surface area contributed by atoms with Gasteiger partial charge in [0.1, 0.15) is 23.8 Å². The van der Waals surface area contributed by atoms with Crippen molar-refractivity contribution in [3.05, 3.63) is 71.3 Å². The van der Waals surface area contributed by atoms with Crippen molar-refractivity contribution in [2.24, 2.45) is 0 Å². The van der Waals surface area contributed by atoms with Crippen LogP contribution in [0.25, 0.3) is 5.69 Å². The normalized spacial score (nSPS) is 12.0. The summed E-state index contributed by atoms with van der Waals surface area (Å²) < 4.78 is 7.58. The van der Waals surface area contributed by atoms with Crippen LogP contribution in [-0.2, 0) is 16.0 Å². The summed E-state index contributed by atoms with van der Waals surface area (Å²) in [5.74, 6) is -1.13. The van der Waals surface area contributed by atoms with Crippen molar-refractivity contribution < 1.29 is 24.2 Å². The van der Waals surface area contributed by atoms with Gasteiger partial charge in [-0.3, -0.25) is 14.5 Å². The molecule has 0 spiro atoms. The lowest BCUT2D eigenvalue weighted by Gasteiger charge is -2.22. The van der Waals surface area contributed by atoms with E-state index in [1.807, 2.05) is 0 Å².